The topological polar surface area (TPSA) is 78.3 Å². The summed E-state index contributed by atoms with van der Waals surface area (Å²) in [6.45, 7) is 3.42. The van der Waals surface area contributed by atoms with Crippen LogP contribution in [0.4, 0.5) is 11.4 Å². The molecule has 0 amide bonds. The average molecular weight is 192 g/mol. The molecule has 4 nitrogen and oxygen atoms in total. The van der Waals surface area contributed by atoms with Crippen molar-refractivity contribution < 1.29 is 9.53 Å². The lowest BCUT2D eigenvalue weighted by atomic mass is 10.2. The minimum Gasteiger partial charge on any atom is -0.458 e. The highest BCUT2D eigenvalue weighted by Crippen LogP contribution is 2.16. The number of ether oxygens (including phenoxy) is 1. The van der Waals surface area contributed by atoms with Crippen LogP contribution >= 0.6 is 0 Å². The summed E-state index contributed by atoms with van der Waals surface area (Å²) in [6.07, 6.45) is 1.10. The fourth-order valence-electron chi connectivity index (χ4n) is 0.953. The van der Waals surface area contributed by atoms with Crippen molar-refractivity contribution in [3.63, 3.8) is 0 Å². The van der Waals surface area contributed by atoms with E-state index in [1.54, 1.807) is 18.2 Å². The molecule has 0 saturated carbocycles. The highest BCUT2D eigenvalue weighted by molar-refractivity contribution is 5.81. The Morgan fingerprint density at radius 2 is 2.21 bits per heavy atom. The first kappa shape index (κ1) is 10.1. The highest BCUT2D eigenvalue weighted by atomic mass is 16.5. The largest absolute Gasteiger partial charge is 0.458 e. The van der Waals surface area contributed by atoms with E-state index in [9.17, 15) is 4.79 Å². The van der Waals surface area contributed by atoms with E-state index in [1.165, 1.54) is 0 Å². The zero-order chi connectivity index (χ0) is 10.6. The zero-order valence-corrected chi connectivity index (χ0v) is 7.69. The molecule has 0 atom stereocenters. The number of rotatable bonds is 3. The predicted molar refractivity (Wildman–Crippen MR) is 55.3 cm³/mol. The second-order valence-electron chi connectivity index (χ2n) is 2.77. The van der Waals surface area contributed by atoms with Crippen molar-refractivity contribution in [1.82, 2.24) is 0 Å². The monoisotopic (exact) mass is 192 g/mol. The molecular weight excluding hydrogens is 180 g/mol. The van der Waals surface area contributed by atoms with Gasteiger partial charge >= 0.3 is 5.97 Å². The standard InChI is InChI=1S/C10H12N2O2/c1-2-10(13)14-6-7-3-4-8(11)5-9(7)12/h2-5H,1,6,11-12H2. The summed E-state index contributed by atoms with van der Waals surface area (Å²) < 4.78 is 4.82. The fraction of sp³-hybridized carbons (Fsp3) is 0.100. The van der Waals surface area contributed by atoms with Crippen LogP contribution in [0, 0.1) is 0 Å². The molecule has 0 spiro atoms. The number of carbonyl (C=O) groups is 1. The van der Waals surface area contributed by atoms with Crippen LogP contribution in [0.5, 0.6) is 0 Å². The van der Waals surface area contributed by atoms with Crippen molar-refractivity contribution in [1.29, 1.82) is 0 Å². The van der Waals surface area contributed by atoms with Crippen molar-refractivity contribution in [3.05, 3.63) is 36.4 Å². The van der Waals surface area contributed by atoms with Gasteiger partial charge in [0.1, 0.15) is 6.61 Å². The summed E-state index contributed by atoms with van der Waals surface area (Å²) in [5.74, 6) is -0.471. The number of hydrogen-bond donors (Lipinski definition) is 2. The van der Waals surface area contributed by atoms with Crippen molar-refractivity contribution >= 4 is 17.3 Å². The number of benzene rings is 1. The fourth-order valence-corrected chi connectivity index (χ4v) is 0.953. The Morgan fingerprint density at radius 3 is 2.79 bits per heavy atom. The molecule has 0 fully saturated rings. The quantitative estimate of drug-likeness (QED) is 0.426. The van der Waals surface area contributed by atoms with Gasteiger partial charge in [0.05, 0.1) is 0 Å². The van der Waals surface area contributed by atoms with Crippen LogP contribution in [0.1, 0.15) is 5.56 Å². The lowest BCUT2D eigenvalue weighted by Crippen LogP contribution is -2.03. The van der Waals surface area contributed by atoms with Crippen molar-refractivity contribution in [2.24, 2.45) is 0 Å². The molecule has 0 aliphatic heterocycles. The Hall–Kier alpha value is -1.97. The van der Waals surface area contributed by atoms with Gasteiger partial charge in [-0.05, 0) is 12.1 Å². The van der Waals surface area contributed by atoms with Crippen LogP contribution in [0.2, 0.25) is 0 Å². The van der Waals surface area contributed by atoms with E-state index in [0.717, 1.165) is 11.6 Å². The molecule has 1 aromatic rings. The highest BCUT2D eigenvalue weighted by Gasteiger charge is 2.02. The number of nitrogens with two attached hydrogens (primary N) is 2. The molecule has 74 valence electrons. The minimum absolute atomic E-state index is 0.136. The summed E-state index contributed by atoms with van der Waals surface area (Å²) in [6, 6.07) is 5.05. The molecule has 0 aromatic heterocycles. The molecule has 0 unspecified atom stereocenters. The minimum atomic E-state index is -0.471. The van der Waals surface area contributed by atoms with Gasteiger partial charge < -0.3 is 16.2 Å². The van der Waals surface area contributed by atoms with Crippen LogP contribution in [0.3, 0.4) is 0 Å². The van der Waals surface area contributed by atoms with Gasteiger partial charge in [0.15, 0.2) is 0 Å². The van der Waals surface area contributed by atoms with Crippen LogP contribution in [0.15, 0.2) is 30.9 Å². The second-order valence-corrected chi connectivity index (χ2v) is 2.77. The average Bonchev–Trinajstić information content (AvgIpc) is 2.16. The van der Waals surface area contributed by atoms with E-state index < -0.39 is 5.97 Å². The maximum absolute atomic E-state index is 10.8. The number of esters is 1. The third-order valence-electron chi connectivity index (χ3n) is 1.71. The third-order valence-corrected chi connectivity index (χ3v) is 1.71. The molecular formula is C10H12N2O2. The van der Waals surface area contributed by atoms with E-state index in [4.69, 9.17) is 16.2 Å². The van der Waals surface area contributed by atoms with Crippen LogP contribution in [-0.2, 0) is 16.1 Å². The Bertz CT molecular complexity index is 361. The molecule has 0 radical (unpaired) electrons. The zero-order valence-electron chi connectivity index (χ0n) is 7.69. The van der Waals surface area contributed by atoms with Gasteiger partial charge in [0.2, 0.25) is 0 Å². The number of anilines is 2. The lowest BCUT2D eigenvalue weighted by Gasteiger charge is -2.06. The van der Waals surface area contributed by atoms with Crippen molar-refractivity contribution in [2.45, 2.75) is 6.61 Å². The van der Waals surface area contributed by atoms with E-state index >= 15 is 0 Å². The van der Waals surface area contributed by atoms with E-state index in [2.05, 4.69) is 6.58 Å². The number of hydrogen-bond acceptors (Lipinski definition) is 4. The van der Waals surface area contributed by atoms with E-state index in [0.29, 0.717) is 11.4 Å². The maximum Gasteiger partial charge on any atom is 0.330 e. The van der Waals surface area contributed by atoms with Gasteiger partial charge in [-0.3, -0.25) is 0 Å². The molecule has 14 heavy (non-hydrogen) atoms. The van der Waals surface area contributed by atoms with Crippen molar-refractivity contribution in [2.75, 3.05) is 11.5 Å². The summed E-state index contributed by atoms with van der Waals surface area (Å²) in [4.78, 5) is 10.8. The van der Waals surface area contributed by atoms with Gasteiger partial charge in [-0.25, -0.2) is 4.79 Å². The number of nitrogen functional groups attached to an aromatic ring is 2. The normalized spacial score (nSPS) is 9.43. The molecule has 1 rings (SSSR count). The molecule has 0 heterocycles. The SMILES string of the molecule is C=CC(=O)OCc1ccc(N)cc1N. The van der Waals surface area contributed by atoms with Crippen molar-refractivity contribution in [3.8, 4) is 0 Å². The maximum atomic E-state index is 10.8. The first-order chi connectivity index (χ1) is 6.63. The van der Waals surface area contributed by atoms with Gasteiger partial charge in [0, 0.05) is 23.0 Å². The van der Waals surface area contributed by atoms with Gasteiger partial charge in [-0.15, -0.1) is 0 Å². The summed E-state index contributed by atoms with van der Waals surface area (Å²) in [5.41, 5.74) is 13.0. The molecule has 4 heteroatoms. The second kappa shape index (κ2) is 4.32. The van der Waals surface area contributed by atoms with Gasteiger partial charge in [-0.1, -0.05) is 12.6 Å². The Labute approximate surface area is 82.2 Å². The molecule has 0 aliphatic carbocycles. The smallest absolute Gasteiger partial charge is 0.330 e. The Kier molecular flexibility index (Phi) is 3.12. The first-order valence-electron chi connectivity index (χ1n) is 4.06. The van der Waals surface area contributed by atoms with Crippen LogP contribution in [0.25, 0.3) is 0 Å². The number of carbonyl (C=O) groups excluding carboxylic acids is 1. The molecule has 0 bridgehead atoms. The van der Waals surface area contributed by atoms with E-state index in [1.807, 2.05) is 0 Å². The molecule has 0 saturated heterocycles. The predicted octanol–water partition coefficient (Wildman–Crippen LogP) is 1.08. The summed E-state index contributed by atoms with van der Waals surface area (Å²) >= 11 is 0. The Morgan fingerprint density at radius 1 is 1.50 bits per heavy atom. The summed E-state index contributed by atoms with van der Waals surface area (Å²) in [5, 5.41) is 0. The summed E-state index contributed by atoms with van der Waals surface area (Å²) in [7, 11) is 0. The van der Waals surface area contributed by atoms with Crippen LogP contribution < -0.4 is 11.5 Å². The molecule has 4 N–H and O–H groups in total. The van der Waals surface area contributed by atoms with Gasteiger partial charge in [-0.2, -0.15) is 0 Å². The van der Waals surface area contributed by atoms with Gasteiger partial charge in [0.25, 0.3) is 0 Å². The Balaban J connectivity index is 2.68. The van der Waals surface area contributed by atoms with E-state index in [-0.39, 0.29) is 6.61 Å². The first-order valence-corrected chi connectivity index (χ1v) is 4.06. The van der Waals surface area contributed by atoms with Crippen LogP contribution in [-0.4, -0.2) is 5.97 Å². The lowest BCUT2D eigenvalue weighted by molar-refractivity contribution is -0.138. The molecule has 1 aromatic carbocycles. The molecule has 0 aliphatic rings. The third kappa shape index (κ3) is 2.52.